The van der Waals surface area contributed by atoms with E-state index >= 15 is 0 Å². The number of aryl methyl sites for hydroxylation is 1. The number of anilines is 3. The summed E-state index contributed by atoms with van der Waals surface area (Å²) >= 11 is 0. The maximum absolute atomic E-state index is 12.4. The molecule has 1 heterocycles. The van der Waals surface area contributed by atoms with Crippen LogP contribution in [0, 0.1) is 6.92 Å². The van der Waals surface area contributed by atoms with Crippen LogP contribution in [0.4, 0.5) is 17.2 Å². The van der Waals surface area contributed by atoms with Gasteiger partial charge in [0, 0.05) is 11.8 Å². The average molecular weight is 334 g/mol. The van der Waals surface area contributed by atoms with Crippen molar-refractivity contribution < 1.29 is 9.53 Å². The Hall–Kier alpha value is -3.41. The molecule has 0 unspecified atom stereocenters. The van der Waals surface area contributed by atoms with Gasteiger partial charge in [0.2, 0.25) is 0 Å². The fourth-order valence-electron chi connectivity index (χ4n) is 2.34. The van der Waals surface area contributed by atoms with Crippen LogP contribution in [0.2, 0.25) is 0 Å². The number of aromatic nitrogens is 2. The summed E-state index contributed by atoms with van der Waals surface area (Å²) < 4.78 is 5.30. The zero-order valence-electron chi connectivity index (χ0n) is 14.0. The lowest BCUT2D eigenvalue weighted by atomic mass is 10.2. The molecule has 126 valence electrons. The van der Waals surface area contributed by atoms with Crippen molar-refractivity contribution in [1.82, 2.24) is 9.97 Å². The van der Waals surface area contributed by atoms with E-state index in [-0.39, 0.29) is 11.6 Å². The molecule has 6 nitrogen and oxygen atoms in total. The molecule has 2 N–H and O–H groups in total. The molecule has 0 spiro atoms. The highest BCUT2D eigenvalue weighted by atomic mass is 16.5. The highest BCUT2D eigenvalue weighted by Crippen LogP contribution is 2.26. The summed E-state index contributed by atoms with van der Waals surface area (Å²) in [4.78, 5) is 20.7. The number of carbonyl (C=O) groups is 1. The van der Waals surface area contributed by atoms with Crippen molar-refractivity contribution in [2.24, 2.45) is 0 Å². The molecular formula is C19H18N4O2. The minimum Gasteiger partial charge on any atom is -0.495 e. The van der Waals surface area contributed by atoms with Gasteiger partial charge in [0.25, 0.3) is 5.91 Å². The standard InChI is InChI=1S/C19H18N4O2/c1-13-7-3-4-8-14(13)23-19(24)16-11-18(21-12-20-16)22-15-9-5-6-10-17(15)25-2/h3-12H,1-2H3,(H,23,24)(H,20,21,22). The number of para-hydroxylation sites is 3. The van der Waals surface area contributed by atoms with E-state index in [1.807, 2.05) is 55.5 Å². The van der Waals surface area contributed by atoms with Gasteiger partial charge < -0.3 is 15.4 Å². The maximum atomic E-state index is 12.4. The molecule has 0 fully saturated rings. The van der Waals surface area contributed by atoms with Crippen molar-refractivity contribution in [2.45, 2.75) is 6.92 Å². The van der Waals surface area contributed by atoms with E-state index < -0.39 is 0 Å². The van der Waals surface area contributed by atoms with Crippen LogP contribution in [-0.4, -0.2) is 23.0 Å². The summed E-state index contributed by atoms with van der Waals surface area (Å²) in [6.07, 6.45) is 1.35. The Labute approximate surface area is 145 Å². The van der Waals surface area contributed by atoms with Crippen molar-refractivity contribution in [1.29, 1.82) is 0 Å². The highest BCUT2D eigenvalue weighted by Gasteiger charge is 2.11. The van der Waals surface area contributed by atoms with Gasteiger partial charge in [0.05, 0.1) is 12.8 Å². The molecule has 0 bridgehead atoms. The zero-order valence-corrected chi connectivity index (χ0v) is 14.0. The van der Waals surface area contributed by atoms with E-state index in [2.05, 4.69) is 20.6 Å². The van der Waals surface area contributed by atoms with E-state index in [0.717, 1.165) is 16.9 Å². The maximum Gasteiger partial charge on any atom is 0.274 e. The van der Waals surface area contributed by atoms with Crippen molar-refractivity contribution >= 4 is 23.1 Å². The molecule has 0 aliphatic heterocycles. The number of nitrogens with zero attached hydrogens (tertiary/aromatic N) is 2. The second-order valence-corrected chi connectivity index (χ2v) is 5.38. The van der Waals surface area contributed by atoms with Crippen LogP contribution in [0.15, 0.2) is 60.9 Å². The number of methoxy groups -OCH3 is 1. The van der Waals surface area contributed by atoms with E-state index in [9.17, 15) is 4.79 Å². The van der Waals surface area contributed by atoms with Gasteiger partial charge in [0.1, 0.15) is 23.6 Å². The van der Waals surface area contributed by atoms with Crippen molar-refractivity contribution in [3.8, 4) is 5.75 Å². The predicted octanol–water partition coefficient (Wildman–Crippen LogP) is 3.79. The summed E-state index contributed by atoms with van der Waals surface area (Å²) in [5.41, 5.74) is 2.77. The second kappa shape index (κ2) is 7.44. The Morgan fingerprint density at radius 2 is 1.72 bits per heavy atom. The molecular weight excluding hydrogens is 316 g/mol. The first-order valence-corrected chi connectivity index (χ1v) is 7.76. The number of rotatable bonds is 5. The van der Waals surface area contributed by atoms with Crippen molar-refractivity contribution in [3.05, 3.63) is 72.2 Å². The molecule has 0 saturated carbocycles. The molecule has 25 heavy (non-hydrogen) atoms. The lowest BCUT2D eigenvalue weighted by Crippen LogP contribution is -2.15. The van der Waals surface area contributed by atoms with Gasteiger partial charge in [-0.1, -0.05) is 30.3 Å². The molecule has 0 aliphatic rings. The molecule has 0 radical (unpaired) electrons. The monoisotopic (exact) mass is 334 g/mol. The van der Waals surface area contributed by atoms with Crippen LogP contribution in [0.5, 0.6) is 5.75 Å². The Morgan fingerprint density at radius 1 is 1.00 bits per heavy atom. The predicted molar refractivity (Wildman–Crippen MR) is 97.4 cm³/mol. The fourth-order valence-corrected chi connectivity index (χ4v) is 2.34. The Bertz CT molecular complexity index is 896. The summed E-state index contributed by atoms with van der Waals surface area (Å²) in [6.45, 7) is 1.93. The molecule has 6 heteroatoms. The van der Waals surface area contributed by atoms with E-state index in [0.29, 0.717) is 11.6 Å². The summed E-state index contributed by atoms with van der Waals surface area (Å²) in [5, 5.41) is 6.00. The quantitative estimate of drug-likeness (QED) is 0.742. The molecule has 3 aromatic rings. The van der Waals surface area contributed by atoms with Crippen LogP contribution in [0.1, 0.15) is 16.1 Å². The highest BCUT2D eigenvalue weighted by molar-refractivity contribution is 6.03. The minimum absolute atomic E-state index is 0.274. The third-order valence-electron chi connectivity index (χ3n) is 3.66. The topological polar surface area (TPSA) is 76.1 Å². The number of hydrogen-bond acceptors (Lipinski definition) is 5. The number of carbonyl (C=O) groups excluding carboxylic acids is 1. The Balaban J connectivity index is 1.79. The van der Waals surface area contributed by atoms with Crippen molar-refractivity contribution in [2.75, 3.05) is 17.7 Å². The number of amides is 1. The lowest BCUT2D eigenvalue weighted by molar-refractivity contribution is 0.102. The third-order valence-corrected chi connectivity index (χ3v) is 3.66. The van der Waals surface area contributed by atoms with Crippen LogP contribution >= 0.6 is 0 Å². The van der Waals surface area contributed by atoms with Gasteiger partial charge in [-0.15, -0.1) is 0 Å². The summed E-state index contributed by atoms with van der Waals surface area (Å²) in [6, 6.07) is 16.7. The van der Waals surface area contributed by atoms with Gasteiger partial charge in [-0.25, -0.2) is 9.97 Å². The number of ether oxygens (including phenoxy) is 1. The smallest absolute Gasteiger partial charge is 0.274 e. The first-order valence-electron chi connectivity index (χ1n) is 7.76. The SMILES string of the molecule is COc1ccccc1Nc1cc(C(=O)Nc2ccccc2C)ncn1. The first kappa shape index (κ1) is 16.4. The first-order chi connectivity index (χ1) is 12.2. The van der Waals surface area contributed by atoms with Crippen LogP contribution in [0.25, 0.3) is 0 Å². The second-order valence-electron chi connectivity index (χ2n) is 5.38. The third kappa shape index (κ3) is 3.92. The number of benzene rings is 2. The molecule has 0 atom stereocenters. The Kier molecular flexibility index (Phi) is 4.89. The molecule has 0 aliphatic carbocycles. The summed E-state index contributed by atoms with van der Waals surface area (Å²) in [5.74, 6) is 0.904. The van der Waals surface area contributed by atoms with Gasteiger partial charge in [0.15, 0.2) is 0 Å². The van der Waals surface area contributed by atoms with Gasteiger partial charge in [-0.3, -0.25) is 4.79 Å². The molecule has 1 aromatic heterocycles. The van der Waals surface area contributed by atoms with E-state index in [1.54, 1.807) is 13.2 Å². The lowest BCUT2D eigenvalue weighted by Gasteiger charge is -2.11. The fraction of sp³-hybridized carbons (Fsp3) is 0.105. The molecule has 1 amide bonds. The molecule has 2 aromatic carbocycles. The van der Waals surface area contributed by atoms with Gasteiger partial charge >= 0.3 is 0 Å². The van der Waals surface area contributed by atoms with E-state index in [1.165, 1.54) is 6.33 Å². The number of hydrogen-bond donors (Lipinski definition) is 2. The van der Waals surface area contributed by atoms with Crippen LogP contribution in [-0.2, 0) is 0 Å². The molecule has 3 rings (SSSR count). The minimum atomic E-state index is -0.292. The van der Waals surface area contributed by atoms with Gasteiger partial charge in [-0.2, -0.15) is 0 Å². The van der Waals surface area contributed by atoms with Crippen molar-refractivity contribution in [3.63, 3.8) is 0 Å². The normalized spacial score (nSPS) is 10.2. The van der Waals surface area contributed by atoms with Gasteiger partial charge in [-0.05, 0) is 30.7 Å². The Morgan fingerprint density at radius 3 is 2.48 bits per heavy atom. The zero-order chi connectivity index (χ0) is 17.6. The molecule has 0 saturated heterocycles. The van der Waals surface area contributed by atoms with Crippen LogP contribution < -0.4 is 15.4 Å². The van der Waals surface area contributed by atoms with Crippen LogP contribution in [0.3, 0.4) is 0 Å². The van der Waals surface area contributed by atoms with E-state index in [4.69, 9.17) is 4.74 Å². The summed E-state index contributed by atoms with van der Waals surface area (Å²) in [7, 11) is 1.60. The average Bonchev–Trinajstić information content (AvgIpc) is 2.64. The number of nitrogens with one attached hydrogen (secondary N) is 2. The largest absolute Gasteiger partial charge is 0.495 e.